The lowest BCUT2D eigenvalue weighted by atomic mass is 10.1. The molecular formula is C36H42Cl2N8O4. The molecule has 2 aliphatic rings. The van der Waals surface area contributed by atoms with E-state index in [0.717, 1.165) is 55.4 Å². The molecule has 1 aromatic heterocycles. The minimum atomic E-state index is -1.16. The summed E-state index contributed by atoms with van der Waals surface area (Å²) in [6.07, 6.45) is 3.53. The molecule has 3 unspecified atom stereocenters. The fourth-order valence-corrected chi connectivity index (χ4v) is 6.71. The van der Waals surface area contributed by atoms with Crippen LogP contribution in [0.5, 0.6) is 5.75 Å². The summed E-state index contributed by atoms with van der Waals surface area (Å²) in [5.74, 6) is -0.417. The number of hydrogen-bond acceptors (Lipinski definition) is 9. The van der Waals surface area contributed by atoms with Gasteiger partial charge in [0.15, 0.2) is 0 Å². The molecule has 0 bridgehead atoms. The van der Waals surface area contributed by atoms with Gasteiger partial charge in [0.05, 0.1) is 17.7 Å². The van der Waals surface area contributed by atoms with E-state index < -0.39 is 5.79 Å². The lowest BCUT2D eigenvalue weighted by Crippen LogP contribution is -2.46. The van der Waals surface area contributed by atoms with Gasteiger partial charge in [-0.05, 0) is 74.0 Å². The number of aromatic nitrogens is 3. The van der Waals surface area contributed by atoms with Gasteiger partial charge in [-0.1, -0.05) is 36.2 Å². The molecule has 3 heterocycles. The average Bonchev–Trinajstić information content (AvgIpc) is 3.81. The Labute approximate surface area is 302 Å². The van der Waals surface area contributed by atoms with Crippen molar-refractivity contribution in [3.63, 3.8) is 0 Å². The van der Waals surface area contributed by atoms with Crippen LogP contribution in [-0.2, 0) is 21.8 Å². The molecule has 2 amide bonds. The van der Waals surface area contributed by atoms with Crippen LogP contribution in [0.25, 0.3) is 0 Å². The highest BCUT2D eigenvalue weighted by Gasteiger charge is 2.45. The summed E-state index contributed by atoms with van der Waals surface area (Å²) < 4.78 is 20.5. The normalized spacial score (nSPS) is 19.7. The highest BCUT2D eigenvalue weighted by atomic mass is 35.5. The number of nitrogens with zero attached hydrogens (tertiary/aromatic N) is 8. The number of hydrogen-bond donors (Lipinski definition) is 0. The highest BCUT2D eigenvalue weighted by molar-refractivity contribution is 6.35. The Balaban J connectivity index is 1.00. The minimum absolute atomic E-state index is 0.0247. The summed E-state index contributed by atoms with van der Waals surface area (Å²) in [5, 5.41) is 10.6. The quantitative estimate of drug-likeness (QED) is 0.120. The number of benzene rings is 3. The molecular weight excluding hydrogens is 679 g/mol. The molecule has 0 spiro atoms. The molecule has 14 heteroatoms. The van der Waals surface area contributed by atoms with Crippen molar-refractivity contribution in [1.29, 1.82) is 0 Å². The van der Waals surface area contributed by atoms with Gasteiger partial charge in [-0.25, -0.2) is 19.5 Å². The van der Waals surface area contributed by atoms with Crippen LogP contribution in [0, 0.1) is 0 Å². The van der Waals surface area contributed by atoms with Crippen molar-refractivity contribution in [3.8, 4) is 5.75 Å². The van der Waals surface area contributed by atoms with Crippen molar-refractivity contribution in [1.82, 2.24) is 19.8 Å². The predicted octanol–water partition coefficient (Wildman–Crippen LogP) is 6.53. The number of urea groups is 1. The molecule has 0 N–H and O–H groups in total. The molecule has 50 heavy (non-hydrogen) atoms. The molecule has 0 radical (unpaired) electrons. The Hall–Kier alpha value is -4.36. The SMILES string of the molecule is C=NN(C(=O)N(C)c1ccc(N2CCN(c3ccc(OCC4COC(Cn5cncn5)(c5ccc(Cl)cc5Cl)O4)cc3)CC2)cc1)C(C)CC. The topological polar surface area (TPSA) is 101 Å². The van der Waals surface area contributed by atoms with Crippen molar-refractivity contribution in [3.05, 3.63) is 95.0 Å². The third-order valence-electron chi connectivity index (χ3n) is 9.20. The van der Waals surface area contributed by atoms with E-state index in [4.69, 9.17) is 37.4 Å². The van der Waals surface area contributed by atoms with Crippen LogP contribution >= 0.6 is 23.2 Å². The zero-order chi connectivity index (χ0) is 35.3. The lowest BCUT2D eigenvalue weighted by Gasteiger charge is -2.37. The summed E-state index contributed by atoms with van der Waals surface area (Å²) in [4.78, 5) is 23.3. The van der Waals surface area contributed by atoms with E-state index in [1.807, 2.05) is 44.2 Å². The smallest absolute Gasteiger partial charge is 0.344 e. The summed E-state index contributed by atoms with van der Waals surface area (Å²) in [6, 6.07) is 21.2. The monoisotopic (exact) mass is 720 g/mol. The lowest BCUT2D eigenvalue weighted by molar-refractivity contribution is -0.190. The third kappa shape index (κ3) is 7.83. The second-order valence-electron chi connectivity index (χ2n) is 12.4. The van der Waals surface area contributed by atoms with E-state index in [9.17, 15) is 4.79 Å². The summed E-state index contributed by atoms with van der Waals surface area (Å²) in [6.45, 7) is 11.9. The standard InChI is InChI=1S/C36H42Cl2N8O4/c1-5-26(2)46(39-3)35(47)42(4)28-7-9-29(10-8-28)43-16-18-44(19-17-43)30-11-13-31(14-12-30)48-21-32-22-49-36(50-32,23-45-25-40-24-41-45)33-15-6-27(37)20-34(33)38/h6-15,20,24-26,32H,3,5,16-19,21-23H2,1-2,4H3. The van der Waals surface area contributed by atoms with E-state index in [-0.39, 0.29) is 24.7 Å². The molecule has 2 aliphatic heterocycles. The van der Waals surface area contributed by atoms with Crippen molar-refractivity contribution in [2.75, 3.05) is 61.1 Å². The first kappa shape index (κ1) is 35.5. The van der Waals surface area contributed by atoms with Gasteiger partial charge < -0.3 is 24.0 Å². The van der Waals surface area contributed by atoms with Gasteiger partial charge >= 0.3 is 6.03 Å². The first-order chi connectivity index (χ1) is 24.2. The first-order valence-electron chi connectivity index (χ1n) is 16.7. The van der Waals surface area contributed by atoms with Crippen molar-refractivity contribution in [2.24, 2.45) is 5.10 Å². The predicted molar refractivity (Wildman–Crippen MR) is 197 cm³/mol. The summed E-state index contributed by atoms with van der Waals surface area (Å²) >= 11 is 12.7. The molecule has 3 aromatic carbocycles. The number of carbonyl (C=O) groups excluding carboxylic acids is 1. The molecule has 12 nitrogen and oxygen atoms in total. The minimum Gasteiger partial charge on any atom is -0.491 e. The third-order valence-corrected chi connectivity index (χ3v) is 9.75. The van der Waals surface area contributed by atoms with E-state index in [1.54, 1.807) is 35.1 Å². The fourth-order valence-electron chi connectivity index (χ4n) is 6.16. The number of carbonyl (C=O) groups is 1. The second kappa shape index (κ2) is 15.7. The Morgan fingerprint density at radius 1 is 1.06 bits per heavy atom. The maximum absolute atomic E-state index is 13.0. The van der Waals surface area contributed by atoms with Crippen LogP contribution in [0.15, 0.2) is 84.5 Å². The molecule has 6 rings (SSSR count). The van der Waals surface area contributed by atoms with Gasteiger partial charge in [-0.15, -0.1) is 0 Å². The molecule has 4 aromatic rings. The summed E-state index contributed by atoms with van der Waals surface area (Å²) in [5.41, 5.74) is 3.73. The van der Waals surface area contributed by atoms with Gasteiger partial charge in [0.25, 0.3) is 0 Å². The van der Waals surface area contributed by atoms with Crippen LogP contribution < -0.4 is 19.4 Å². The molecule has 0 aliphatic carbocycles. The molecule has 2 fully saturated rings. The van der Waals surface area contributed by atoms with E-state index in [2.05, 4.69) is 56.0 Å². The van der Waals surface area contributed by atoms with Gasteiger partial charge in [0.2, 0.25) is 5.79 Å². The van der Waals surface area contributed by atoms with Crippen LogP contribution in [0.3, 0.4) is 0 Å². The number of piperazine rings is 1. The maximum atomic E-state index is 13.0. The van der Waals surface area contributed by atoms with Gasteiger partial charge in [0, 0.05) is 67.6 Å². The van der Waals surface area contributed by atoms with Gasteiger partial charge in [-0.3, -0.25) is 4.90 Å². The summed E-state index contributed by atoms with van der Waals surface area (Å²) in [7, 11) is 1.76. The number of ether oxygens (including phenoxy) is 3. The second-order valence-corrected chi connectivity index (χ2v) is 13.2. The van der Waals surface area contributed by atoms with Crippen LogP contribution in [-0.4, -0.2) is 91.1 Å². The van der Waals surface area contributed by atoms with Gasteiger partial charge in [-0.2, -0.15) is 10.2 Å². The fraction of sp³-hybridized carbons (Fsp3) is 0.389. The Morgan fingerprint density at radius 3 is 2.30 bits per heavy atom. The average molecular weight is 722 g/mol. The van der Waals surface area contributed by atoms with E-state index >= 15 is 0 Å². The van der Waals surface area contributed by atoms with Crippen LogP contribution in [0.4, 0.5) is 21.9 Å². The number of halogens is 2. The number of anilines is 3. The van der Waals surface area contributed by atoms with Crippen LogP contribution in [0.2, 0.25) is 10.0 Å². The van der Waals surface area contributed by atoms with E-state index in [1.165, 1.54) is 11.3 Å². The number of rotatable bonds is 12. The maximum Gasteiger partial charge on any atom is 0.344 e. The largest absolute Gasteiger partial charge is 0.491 e. The number of hydrazone groups is 1. The van der Waals surface area contributed by atoms with Gasteiger partial charge in [0.1, 0.15) is 37.7 Å². The van der Waals surface area contributed by atoms with Crippen LogP contribution in [0.1, 0.15) is 25.8 Å². The molecule has 0 saturated carbocycles. The van der Waals surface area contributed by atoms with Crippen molar-refractivity contribution >= 4 is 53.0 Å². The van der Waals surface area contributed by atoms with Crippen molar-refractivity contribution in [2.45, 2.75) is 44.7 Å². The Bertz CT molecular complexity index is 1740. The molecule has 3 atom stereocenters. The van der Waals surface area contributed by atoms with E-state index in [0.29, 0.717) is 28.8 Å². The molecule has 264 valence electrons. The highest BCUT2D eigenvalue weighted by Crippen LogP contribution is 2.40. The first-order valence-corrected chi connectivity index (χ1v) is 17.4. The number of amides is 2. The molecule has 2 saturated heterocycles. The Morgan fingerprint density at radius 2 is 1.72 bits per heavy atom. The van der Waals surface area contributed by atoms with Crippen molar-refractivity contribution < 1.29 is 19.0 Å². The zero-order valence-electron chi connectivity index (χ0n) is 28.5. The Kier molecular flexibility index (Phi) is 11.1. The zero-order valence-corrected chi connectivity index (χ0v) is 30.0.